The van der Waals surface area contributed by atoms with Crippen LogP contribution in [-0.2, 0) is 6.54 Å². The third-order valence-corrected chi connectivity index (χ3v) is 3.73. The van der Waals surface area contributed by atoms with Crippen molar-refractivity contribution in [2.24, 2.45) is 0 Å². The first-order valence-corrected chi connectivity index (χ1v) is 7.31. The third kappa shape index (κ3) is 2.59. The van der Waals surface area contributed by atoms with Crippen LogP contribution < -0.4 is 14.8 Å². The summed E-state index contributed by atoms with van der Waals surface area (Å²) in [5.41, 5.74) is 3.37. The second-order valence-electron chi connectivity index (χ2n) is 5.45. The predicted octanol–water partition coefficient (Wildman–Crippen LogP) is 2.30. The highest BCUT2D eigenvalue weighted by molar-refractivity contribution is 5.94. The van der Waals surface area contributed by atoms with Gasteiger partial charge in [0.2, 0.25) is 6.79 Å². The summed E-state index contributed by atoms with van der Waals surface area (Å²) in [6.45, 7) is 2.59. The Morgan fingerprint density at radius 2 is 2.13 bits per heavy atom. The second-order valence-corrected chi connectivity index (χ2v) is 5.45. The SMILES string of the molecule is Cc1ccn2cc(CNC(=O)c3ccc4c(c3)OCO4)nc2c1. The summed E-state index contributed by atoms with van der Waals surface area (Å²) in [4.78, 5) is 16.7. The van der Waals surface area contributed by atoms with Crippen LogP contribution in [0.25, 0.3) is 5.65 Å². The van der Waals surface area contributed by atoms with Crippen LogP contribution in [0.3, 0.4) is 0 Å². The Kier molecular flexibility index (Phi) is 3.15. The second kappa shape index (κ2) is 5.31. The number of aromatic nitrogens is 2. The molecule has 0 saturated heterocycles. The van der Waals surface area contributed by atoms with Crippen molar-refractivity contribution in [2.45, 2.75) is 13.5 Å². The number of aryl methyl sites for hydroxylation is 1. The molecule has 0 fully saturated rings. The van der Waals surface area contributed by atoms with E-state index in [9.17, 15) is 4.79 Å². The largest absolute Gasteiger partial charge is 0.454 e. The lowest BCUT2D eigenvalue weighted by Gasteiger charge is -2.04. The summed E-state index contributed by atoms with van der Waals surface area (Å²) in [5.74, 6) is 1.09. The minimum absolute atomic E-state index is 0.170. The van der Waals surface area contributed by atoms with Gasteiger partial charge in [-0.15, -0.1) is 0 Å². The molecule has 1 aliphatic heterocycles. The van der Waals surface area contributed by atoms with E-state index in [2.05, 4.69) is 10.3 Å². The van der Waals surface area contributed by atoms with Crippen molar-refractivity contribution in [2.75, 3.05) is 6.79 Å². The molecular formula is C17H15N3O3. The maximum atomic E-state index is 12.2. The van der Waals surface area contributed by atoms with Crippen LogP contribution in [0.15, 0.2) is 42.7 Å². The molecule has 23 heavy (non-hydrogen) atoms. The molecule has 3 heterocycles. The molecule has 0 aliphatic carbocycles. The topological polar surface area (TPSA) is 64.9 Å². The lowest BCUT2D eigenvalue weighted by atomic mass is 10.2. The molecular weight excluding hydrogens is 294 g/mol. The quantitative estimate of drug-likeness (QED) is 0.806. The van der Waals surface area contributed by atoms with E-state index in [0.717, 1.165) is 16.9 Å². The van der Waals surface area contributed by atoms with E-state index in [4.69, 9.17) is 9.47 Å². The van der Waals surface area contributed by atoms with Crippen molar-refractivity contribution in [3.05, 3.63) is 59.5 Å². The third-order valence-electron chi connectivity index (χ3n) is 3.73. The van der Waals surface area contributed by atoms with Gasteiger partial charge in [-0.3, -0.25) is 4.79 Å². The van der Waals surface area contributed by atoms with E-state index >= 15 is 0 Å². The van der Waals surface area contributed by atoms with Crippen LogP contribution in [0, 0.1) is 6.92 Å². The normalized spacial score (nSPS) is 12.6. The smallest absolute Gasteiger partial charge is 0.251 e. The summed E-state index contributed by atoms with van der Waals surface area (Å²) >= 11 is 0. The fraction of sp³-hybridized carbons (Fsp3) is 0.176. The molecule has 0 atom stereocenters. The zero-order valence-corrected chi connectivity index (χ0v) is 12.6. The predicted molar refractivity (Wildman–Crippen MR) is 83.7 cm³/mol. The molecule has 6 nitrogen and oxygen atoms in total. The monoisotopic (exact) mass is 309 g/mol. The molecule has 3 aromatic rings. The number of amides is 1. The van der Waals surface area contributed by atoms with Crippen molar-refractivity contribution in [1.29, 1.82) is 0 Å². The van der Waals surface area contributed by atoms with Gasteiger partial charge in [-0.25, -0.2) is 4.98 Å². The van der Waals surface area contributed by atoms with Gasteiger partial charge in [0.25, 0.3) is 5.91 Å². The Labute approximate surface area is 132 Å². The first kappa shape index (κ1) is 13.6. The standard InChI is InChI=1S/C17H15N3O3/c1-11-4-5-20-9-13(19-16(20)6-11)8-18-17(21)12-2-3-14-15(7-12)23-10-22-14/h2-7,9H,8,10H2,1H3,(H,18,21). The van der Waals surface area contributed by atoms with E-state index < -0.39 is 0 Å². The molecule has 116 valence electrons. The number of hydrogen-bond donors (Lipinski definition) is 1. The number of carbonyl (C=O) groups excluding carboxylic acids is 1. The highest BCUT2D eigenvalue weighted by Gasteiger charge is 2.16. The van der Waals surface area contributed by atoms with Gasteiger partial charge in [-0.2, -0.15) is 0 Å². The average molecular weight is 309 g/mol. The average Bonchev–Trinajstić information content (AvgIpc) is 3.17. The number of imidazole rings is 1. The van der Waals surface area contributed by atoms with Crippen LogP contribution in [0.2, 0.25) is 0 Å². The number of nitrogens with zero attached hydrogens (tertiary/aromatic N) is 2. The lowest BCUT2D eigenvalue weighted by Crippen LogP contribution is -2.22. The first-order valence-electron chi connectivity index (χ1n) is 7.31. The summed E-state index contributed by atoms with van der Waals surface area (Å²) in [6.07, 6.45) is 3.87. The molecule has 1 aromatic carbocycles. The van der Waals surface area contributed by atoms with Crippen LogP contribution in [0.4, 0.5) is 0 Å². The molecule has 0 radical (unpaired) electrons. The van der Waals surface area contributed by atoms with Gasteiger partial charge in [0.05, 0.1) is 12.2 Å². The van der Waals surface area contributed by atoms with Gasteiger partial charge in [-0.1, -0.05) is 0 Å². The number of hydrogen-bond acceptors (Lipinski definition) is 4. The number of benzene rings is 1. The molecule has 2 aromatic heterocycles. The summed E-state index contributed by atoms with van der Waals surface area (Å²) in [7, 11) is 0. The fourth-order valence-corrected chi connectivity index (χ4v) is 2.53. The van der Waals surface area contributed by atoms with E-state index in [0.29, 0.717) is 23.6 Å². The van der Waals surface area contributed by atoms with Crippen LogP contribution >= 0.6 is 0 Å². The molecule has 0 spiro atoms. The van der Waals surface area contributed by atoms with E-state index in [1.165, 1.54) is 0 Å². The van der Waals surface area contributed by atoms with Crippen molar-refractivity contribution in [1.82, 2.24) is 14.7 Å². The van der Waals surface area contributed by atoms with Crippen molar-refractivity contribution in [3.8, 4) is 11.5 Å². The van der Waals surface area contributed by atoms with E-state index in [1.54, 1.807) is 18.2 Å². The van der Waals surface area contributed by atoms with Gasteiger partial charge < -0.3 is 19.2 Å². The van der Waals surface area contributed by atoms with Crippen molar-refractivity contribution >= 4 is 11.6 Å². The highest BCUT2D eigenvalue weighted by atomic mass is 16.7. The van der Waals surface area contributed by atoms with Crippen molar-refractivity contribution < 1.29 is 14.3 Å². The molecule has 6 heteroatoms. The Morgan fingerprint density at radius 3 is 3.04 bits per heavy atom. The van der Waals surface area contributed by atoms with Gasteiger partial charge in [0.1, 0.15) is 5.65 Å². The van der Waals surface area contributed by atoms with Crippen LogP contribution in [0.5, 0.6) is 11.5 Å². The van der Waals surface area contributed by atoms with Crippen molar-refractivity contribution in [3.63, 3.8) is 0 Å². The van der Waals surface area contributed by atoms with Gasteiger partial charge >= 0.3 is 0 Å². The molecule has 1 aliphatic rings. The molecule has 0 saturated carbocycles. The van der Waals surface area contributed by atoms with Gasteiger partial charge in [0, 0.05) is 18.0 Å². The lowest BCUT2D eigenvalue weighted by molar-refractivity contribution is 0.0950. The van der Waals surface area contributed by atoms with E-state index in [-0.39, 0.29) is 12.7 Å². The molecule has 0 unspecified atom stereocenters. The fourth-order valence-electron chi connectivity index (χ4n) is 2.53. The minimum atomic E-state index is -0.170. The van der Waals surface area contributed by atoms with Crippen LogP contribution in [-0.4, -0.2) is 22.1 Å². The number of pyridine rings is 1. The summed E-state index contributed by atoms with van der Waals surface area (Å²) in [5, 5.41) is 2.87. The number of rotatable bonds is 3. The maximum absolute atomic E-state index is 12.2. The molecule has 1 N–H and O–H groups in total. The Balaban J connectivity index is 1.48. The zero-order valence-electron chi connectivity index (χ0n) is 12.6. The number of nitrogens with one attached hydrogen (secondary N) is 1. The first-order chi connectivity index (χ1) is 11.2. The Hall–Kier alpha value is -3.02. The maximum Gasteiger partial charge on any atom is 0.251 e. The summed E-state index contributed by atoms with van der Waals surface area (Å²) < 4.78 is 12.5. The number of carbonyl (C=O) groups is 1. The van der Waals surface area contributed by atoms with Gasteiger partial charge in [-0.05, 0) is 42.8 Å². The molecule has 4 rings (SSSR count). The summed E-state index contributed by atoms with van der Waals surface area (Å²) in [6, 6.07) is 9.17. The zero-order chi connectivity index (χ0) is 15.8. The molecule has 1 amide bonds. The Morgan fingerprint density at radius 1 is 1.26 bits per heavy atom. The van der Waals surface area contributed by atoms with Gasteiger partial charge in [0.15, 0.2) is 11.5 Å². The Bertz CT molecular complexity index is 901. The minimum Gasteiger partial charge on any atom is -0.454 e. The number of fused-ring (bicyclic) bond motifs is 2. The number of ether oxygens (including phenoxy) is 2. The highest BCUT2D eigenvalue weighted by Crippen LogP contribution is 2.32. The van der Waals surface area contributed by atoms with Crippen LogP contribution in [0.1, 0.15) is 21.6 Å². The van der Waals surface area contributed by atoms with E-state index in [1.807, 2.05) is 35.9 Å². The molecule has 0 bridgehead atoms.